The lowest BCUT2D eigenvalue weighted by Gasteiger charge is -2.29. The maximum atomic E-state index is 13.6. The number of amidine groups is 1. The normalized spacial score (nSPS) is 18.1. The highest BCUT2D eigenvalue weighted by atomic mass is 32.2. The molecule has 2 fully saturated rings. The number of amides is 1. The second-order valence-electron chi connectivity index (χ2n) is 9.05. The molecule has 0 radical (unpaired) electrons. The zero-order chi connectivity index (χ0) is 25.6. The second kappa shape index (κ2) is 11.6. The lowest BCUT2D eigenvalue weighted by Crippen LogP contribution is -2.29. The topological polar surface area (TPSA) is 54.4 Å². The molecule has 7 heteroatoms. The van der Waals surface area contributed by atoms with Crippen molar-refractivity contribution in [3.63, 3.8) is 0 Å². The molecule has 1 amide bonds. The largest absolute Gasteiger partial charge is 0.497 e. The number of thioether (sulfide) groups is 1. The molecule has 0 spiro atoms. The molecule has 37 heavy (non-hydrogen) atoms. The summed E-state index contributed by atoms with van der Waals surface area (Å²) in [6, 6.07) is 23.7. The van der Waals surface area contributed by atoms with E-state index in [9.17, 15) is 4.79 Å². The van der Waals surface area contributed by atoms with Crippen molar-refractivity contribution in [2.24, 2.45) is 4.99 Å². The number of carbonyl (C=O) groups excluding carboxylic acids is 1. The summed E-state index contributed by atoms with van der Waals surface area (Å²) >= 11 is 1.39. The minimum atomic E-state index is -0.0716. The third-order valence-corrected chi connectivity index (χ3v) is 7.60. The van der Waals surface area contributed by atoms with E-state index < -0.39 is 0 Å². The number of hydrogen-bond acceptors (Lipinski definition) is 6. The number of hydrogen-bond donors (Lipinski definition) is 0. The summed E-state index contributed by atoms with van der Waals surface area (Å²) in [5, 5.41) is 0.655. The molecule has 0 aromatic heterocycles. The van der Waals surface area contributed by atoms with Crippen LogP contribution < -0.4 is 14.4 Å². The van der Waals surface area contributed by atoms with Gasteiger partial charge in [-0.1, -0.05) is 30.3 Å². The van der Waals surface area contributed by atoms with Gasteiger partial charge in [0.2, 0.25) is 0 Å². The molecule has 0 saturated carbocycles. The van der Waals surface area contributed by atoms with Crippen molar-refractivity contribution in [1.82, 2.24) is 4.90 Å². The first-order chi connectivity index (χ1) is 18.1. The fraction of sp³-hybridized carbons (Fsp3) is 0.267. The average Bonchev–Trinajstić information content (AvgIpc) is 3.23. The van der Waals surface area contributed by atoms with Crippen molar-refractivity contribution in [2.75, 3.05) is 32.2 Å². The van der Waals surface area contributed by atoms with Crippen molar-refractivity contribution >= 4 is 40.3 Å². The molecule has 0 N–H and O–H groups in total. The van der Waals surface area contributed by atoms with E-state index in [1.165, 1.54) is 31.0 Å². The van der Waals surface area contributed by atoms with Gasteiger partial charge in [-0.05, 0) is 79.1 Å². The van der Waals surface area contributed by atoms with Crippen LogP contribution in [0.1, 0.15) is 30.4 Å². The number of anilines is 1. The van der Waals surface area contributed by atoms with Crippen molar-refractivity contribution in [1.29, 1.82) is 0 Å². The molecular weight excluding hydrogens is 482 g/mol. The zero-order valence-electron chi connectivity index (χ0n) is 21.2. The number of aliphatic imine (C=N–C) groups is 1. The molecule has 2 heterocycles. The third-order valence-electron chi connectivity index (χ3n) is 6.59. The Labute approximate surface area is 222 Å². The van der Waals surface area contributed by atoms with Crippen LogP contribution in [0.25, 0.3) is 6.08 Å². The molecule has 2 aliphatic rings. The Morgan fingerprint density at radius 2 is 1.68 bits per heavy atom. The Balaban J connectivity index is 1.45. The van der Waals surface area contributed by atoms with E-state index >= 15 is 0 Å². The van der Waals surface area contributed by atoms with Crippen molar-refractivity contribution in [3.05, 3.63) is 88.8 Å². The standard InChI is InChI=1S/C30H31N3O3S/c1-35-26-15-11-22(12-16-26)21-33-29(34)28(37-30(33)31-24-9-5-3-6-10-24)19-23-13-14-25(20-27(23)36-2)32-17-7-4-8-18-32/h3,5-6,9-16,19-20H,4,7-8,17-18,21H2,1-2H3/b28-19-,31-30?. The fourth-order valence-electron chi connectivity index (χ4n) is 4.57. The smallest absolute Gasteiger partial charge is 0.267 e. The molecule has 3 aromatic rings. The highest BCUT2D eigenvalue weighted by Gasteiger charge is 2.33. The Hall–Kier alpha value is -3.71. The van der Waals surface area contributed by atoms with Gasteiger partial charge in [0.25, 0.3) is 5.91 Å². The van der Waals surface area contributed by atoms with Crippen LogP contribution in [-0.4, -0.2) is 43.3 Å². The van der Waals surface area contributed by atoms with Crippen LogP contribution in [0.3, 0.4) is 0 Å². The molecule has 2 aliphatic heterocycles. The average molecular weight is 514 g/mol. The summed E-state index contributed by atoms with van der Waals surface area (Å²) < 4.78 is 11.0. The predicted octanol–water partition coefficient (Wildman–Crippen LogP) is 6.50. The van der Waals surface area contributed by atoms with Crippen LogP contribution in [0.5, 0.6) is 11.5 Å². The van der Waals surface area contributed by atoms with Crippen molar-refractivity contribution in [3.8, 4) is 11.5 Å². The number of rotatable bonds is 7. The number of ether oxygens (including phenoxy) is 2. The van der Waals surface area contributed by atoms with Gasteiger partial charge in [-0.15, -0.1) is 0 Å². The quantitative estimate of drug-likeness (QED) is 0.338. The molecule has 190 valence electrons. The molecule has 3 aromatic carbocycles. The summed E-state index contributed by atoms with van der Waals surface area (Å²) in [6.45, 7) is 2.55. The monoisotopic (exact) mass is 513 g/mol. The van der Waals surface area contributed by atoms with Crippen LogP contribution in [0.15, 0.2) is 82.7 Å². The van der Waals surface area contributed by atoms with Gasteiger partial charge in [-0.3, -0.25) is 9.69 Å². The van der Waals surface area contributed by atoms with Gasteiger partial charge in [-0.2, -0.15) is 0 Å². The lowest BCUT2D eigenvalue weighted by atomic mass is 10.1. The number of piperidine rings is 1. The van der Waals surface area contributed by atoms with Crippen LogP contribution >= 0.6 is 11.8 Å². The van der Waals surface area contributed by atoms with Crippen molar-refractivity contribution < 1.29 is 14.3 Å². The van der Waals surface area contributed by atoms with Crippen LogP contribution in [0.2, 0.25) is 0 Å². The first-order valence-corrected chi connectivity index (χ1v) is 13.4. The van der Waals surface area contributed by atoms with Gasteiger partial charge in [0, 0.05) is 30.4 Å². The molecule has 0 bridgehead atoms. The number of benzene rings is 3. The zero-order valence-corrected chi connectivity index (χ0v) is 22.0. The van der Waals surface area contributed by atoms with Crippen LogP contribution in [-0.2, 0) is 11.3 Å². The maximum absolute atomic E-state index is 13.6. The molecular formula is C30H31N3O3S. The Morgan fingerprint density at radius 3 is 2.38 bits per heavy atom. The maximum Gasteiger partial charge on any atom is 0.267 e. The number of carbonyl (C=O) groups is 1. The highest BCUT2D eigenvalue weighted by Crippen LogP contribution is 2.37. The van der Waals surface area contributed by atoms with Gasteiger partial charge in [0.15, 0.2) is 5.17 Å². The first-order valence-electron chi connectivity index (χ1n) is 12.6. The molecule has 5 rings (SSSR count). The van der Waals surface area contributed by atoms with E-state index in [1.807, 2.05) is 66.7 Å². The summed E-state index contributed by atoms with van der Waals surface area (Å²) in [4.78, 5) is 23.2. The molecule has 6 nitrogen and oxygen atoms in total. The van der Waals surface area contributed by atoms with E-state index in [-0.39, 0.29) is 5.91 Å². The molecule has 2 saturated heterocycles. The van der Waals surface area contributed by atoms with Crippen LogP contribution in [0, 0.1) is 0 Å². The molecule has 0 aliphatic carbocycles. The molecule has 0 atom stereocenters. The van der Waals surface area contributed by atoms with Gasteiger partial charge in [0.05, 0.1) is 31.4 Å². The minimum Gasteiger partial charge on any atom is -0.497 e. The third kappa shape index (κ3) is 5.83. The first kappa shape index (κ1) is 25.0. The second-order valence-corrected chi connectivity index (χ2v) is 10.1. The van der Waals surface area contributed by atoms with Gasteiger partial charge >= 0.3 is 0 Å². The Morgan fingerprint density at radius 1 is 0.919 bits per heavy atom. The highest BCUT2D eigenvalue weighted by molar-refractivity contribution is 8.18. The summed E-state index contributed by atoms with van der Waals surface area (Å²) in [5.41, 5.74) is 3.85. The summed E-state index contributed by atoms with van der Waals surface area (Å²) in [7, 11) is 3.32. The van der Waals surface area contributed by atoms with Gasteiger partial charge in [0.1, 0.15) is 11.5 Å². The predicted molar refractivity (Wildman–Crippen MR) is 152 cm³/mol. The SMILES string of the molecule is COc1ccc(CN2C(=O)/C(=C/c3ccc(N4CCCCC4)cc3OC)SC2=Nc2ccccc2)cc1. The Kier molecular flexibility index (Phi) is 7.80. The Bertz CT molecular complexity index is 1300. The number of para-hydroxylation sites is 1. The summed E-state index contributed by atoms with van der Waals surface area (Å²) in [5.74, 6) is 1.47. The van der Waals surface area contributed by atoms with E-state index in [0.29, 0.717) is 16.6 Å². The van der Waals surface area contributed by atoms with Crippen molar-refractivity contribution in [2.45, 2.75) is 25.8 Å². The van der Waals surface area contributed by atoms with Gasteiger partial charge < -0.3 is 14.4 Å². The van der Waals surface area contributed by atoms with E-state index in [2.05, 4.69) is 17.0 Å². The summed E-state index contributed by atoms with van der Waals surface area (Å²) in [6.07, 6.45) is 5.64. The molecule has 0 unspecified atom stereocenters. The van der Waals surface area contributed by atoms with E-state index in [1.54, 1.807) is 19.1 Å². The van der Waals surface area contributed by atoms with Crippen LogP contribution in [0.4, 0.5) is 11.4 Å². The minimum absolute atomic E-state index is 0.0716. The lowest BCUT2D eigenvalue weighted by molar-refractivity contribution is -0.122. The van der Waals surface area contributed by atoms with E-state index in [4.69, 9.17) is 14.5 Å². The van der Waals surface area contributed by atoms with Gasteiger partial charge in [-0.25, -0.2) is 4.99 Å². The van der Waals surface area contributed by atoms with E-state index in [0.717, 1.165) is 47.1 Å². The number of methoxy groups -OCH3 is 2. The fourth-order valence-corrected chi connectivity index (χ4v) is 5.56. The number of nitrogens with zero attached hydrogens (tertiary/aromatic N) is 3.